The summed E-state index contributed by atoms with van der Waals surface area (Å²) in [6, 6.07) is 7.65. The number of aliphatic imine (C=N–C) groups is 1. The van der Waals surface area contributed by atoms with Crippen LogP contribution in [0.3, 0.4) is 0 Å². The van der Waals surface area contributed by atoms with Crippen molar-refractivity contribution >= 4 is 35.6 Å². The van der Waals surface area contributed by atoms with E-state index >= 15 is 0 Å². The van der Waals surface area contributed by atoms with Crippen molar-refractivity contribution in [2.24, 2.45) is 16.1 Å². The Balaban J connectivity index is 0.00000529. The number of guanidine groups is 1. The van der Waals surface area contributed by atoms with Gasteiger partial charge in [-0.2, -0.15) is 0 Å². The van der Waals surface area contributed by atoms with E-state index in [0.717, 1.165) is 30.7 Å². The Bertz CT molecular complexity index is 486. The van der Waals surface area contributed by atoms with E-state index in [2.05, 4.69) is 24.2 Å². The van der Waals surface area contributed by atoms with Crippen molar-refractivity contribution in [1.29, 1.82) is 0 Å². The summed E-state index contributed by atoms with van der Waals surface area (Å²) < 4.78 is 5.61. The van der Waals surface area contributed by atoms with Crippen LogP contribution in [-0.2, 0) is 0 Å². The summed E-state index contributed by atoms with van der Waals surface area (Å²) >= 11 is 0. The second-order valence-corrected chi connectivity index (χ2v) is 6.20. The molecule has 0 atom stereocenters. The Labute approximate surface area is 163 Å². The molecule has 0 saturated heterocycles. The zero-order chi connectivity index (χ0) is 17.3. The lowest BCUT2D eigenvalue weighted by molar-refractivity contribution is 0.175. The minimum atomic E-state index is 0. The number of hydrogen-bond acceptors (Lipinski definition) is 3. The number of hydrogen-bond donors (Lipinski definition) is 3. The number of ether oxygens (including phenoxy) is 1. The number of halogens is 1. The lowest BCUT2D eigenvalue weighted by atomic mass is 9.79. The van der Waals surface area contributed by atoms with E-state index in [1.165, 1.54) is 0 Å². The highest BCUT2D eigenvalue weighted by Gasteiger charge is 2.25. The van der Waals surface area contributed by atoms with Crippen LogP contribution < -0.4 is 15.8 Å². The zero-order valence-electron chi connectivity index (χ0n) is 15.2. The third-order valence-electron chi connectivity index (χ3n) is 4.23. The van der Waals surface area contributed by atoms with Gasteiger partial charge in [-0.05, 0) is 62.8 Å². The van der Waals surface area contributed by atoms with Crippen LogP contribution in [0.1, 0.15) is 47.0 Å². The highest BCUT2D eigenvalue weighted by Crippen LogP contribution is 2.30. The summed E-state index contributed by atoms with van der Waals surface area (Å²) in [5.74, 6) is 1.23. The SMILES string of the molecule is CCC(CC)(CCO)CN=C(N)Nc1ccc(OC(C)C)cc1.I. The van der Waals surface area contributed by atoms with Crippen LogP contribution in [0.4, 0.5) is 5.69 Å². The molecule has 6 heteroatoms. The minimum absolute atomic E-state index is 0. The number of nitrogens with one attached hydrogen (secondary N) is 1. The summed E-state index contributed by atoms with van der Waals surface area (Å²) in [6.07, 6.45) is 2.85. The lowest BCUT2D eigenvalue weighted by Gasteiger charge is -2.29. The molecule has 0 amide bonds. The van der Waals surface area contributed by atoms with Crippen LogP contribution in [-0.4, -0.2) is 30.3 Å². The molecule has 138 valence electrons. The van der Waals surface area contributed by atoms with Gasteiger partial charge in [0.2, 0.25) is 0 Å². The van der Waals surface area contributed by atoms with Gasteiger partial charge < -0.3 is 20.9 Å². The van der Waals surface area contributed by atoms with Crippen LogP contribution in [0.15, 0.2) is 29.3 Å². The predicted octanol–water partition coefficient (Wildman–Crippen LogP) is 4.01. The first-order chi connectivity index (χ1) is 10.9. The average Bonchev–Trinajstić information content (AvgIpc) is 2.53. The number of nitrogens with zero attached hydrogens (tertiary/aromatic N) is 1. The van der Waals surface area contributed by atoms with Gasteiger partial charge in [0.1, 0.15) is 5.75 Å². The number of aliphatic hydroxyl groups is 1. The van der Waals surface area contributed by atoms with E-state index in [4.69, 9.17) is 10.5 Å². The van der Waals surface area contributed by atoms with Crippen LogP contribution in [0.25, 0.3) is 0 Å². The van der Waals surface area contributed by atoms with Gasteiger partial charge in [-0.15, -0.1) is 24.0 Å². The predicted molar refractivity (Wildman–Crippen MR) is 112 cm³/mol. The second-order valence-electron chi connectivity index (χ2n) is 6.20. The molecule has 0 radical (unpaired) electrons. The Hall–Kier alpha value is -1.02. The topological polar surface area (TPSA) is 79.9 Å². The second kappa shape index (κ2) is 11.5. The molecule has 0 aliphatic rings. The third kappa shape index (κ3) is 7.70. The average molecular weight is 449 g/mol. The molecule has 4 N–H and O–H groups in total. The maximum absolute atomic E-state index is 9.25. The number of nitrogens with two attached hydrogens (primary N) is 1. The zero-order valence-corrected chi connectivity index (χ0v) is 17.5. The minimum Gasteiger partial charge on any atom is -0.491 e. The molecule has 0 heterocycles. The molecule has 0 fully saturated rings. The molecule has 0 aromatic heterocycles. The largest absolute Gasteiger partial charge is 0.491 e. The van der Waals surface area contributed by atoms with Gasteiger partial charge in [-0.25, -0.2) is 0 Å². The number of benzene rings is 1. The summed E-state index contributed by atoms with van der Waals surface area (Å²) in [7, 11) is 0. The molecule has 24 heavy (non-hydrogen) atoms. The van der Waals surface area contributed by atoms with Crippen molar-refractivity contribution in [3.8, 4) is 5.75 Å². The highest BCUT2D eigenvalue weighted by molar-refractivity contribution is 14.0. The number of rotatable bonds is 9. The number of anilines is 1. The number of aliphatic hydroxyl groups excluding tert-OH is 1. The highest BCUT2D eigenvalue weighted by atomic mass is 127. The van der Waals surface area contributed by atoms with Crippen molar-refractivity contribution in [3.05, 3.63) is 24.3 Å². The fraction of sp³-hybridized carbons (Fsp3) is 0.611. The van der Waals surface area contributed by atoms with Crippen LogP contribution in [0.2, 0.25) is 0 Å². The van der Waals surface area contributed by atoms with Gasteiger partial charge in [0.05, 0.1) is 6.10 Å². The quantitative estimate of drug-likeness (QED) is 0.303. The van der Waals surface area contributed by atoms with Crippen molar-refractivity contribution in [2.45, 2.75) is 53.1 Å². The Kier molecular flexibility index (Phi) is 11.0. The van der Waals surface area contributed by atoms with Gasteiger partial charge in [0.25, 0.3) is 0 Å². The summed E-state index contributed by atoms with van der Waals surface area (Å²) in [5, 5.41) is 12.3. The first-order valence-corrected chi connectivity index (χ1v) is 8.39. The van der Waals surface area contributed by atoms with Gasteiger partial charge >= 0.3 is 0 Å². The van der Waals surface area contributed by atoms with E-state index in [0.29, 0.717) is 12.5 Å². The van der Waals surface area contributed by atoms with Crippen molar-refractivity contribution in [1.82, 2.24) is 0 Å². The Morgan fingerprint density at radius 1 is 1.25 bits per heavy atom. The monoisotopic (exact) mass is 449 g/mol. The third-order valence-corrected chi connectivity index (χ3v) is 4.23. The van der Waals surface area contributed by atoms with E-state index < -0.39 is 0 Å². The van der Waals surface area contributed by atoms with Gasteiger partial charge in [0.15, 0.2) is 5.96 Å². The molecule has 5 nitrogen and oxygen atoms in total. The molecule has 0 saturated carbocycles. The molecule has 1 aromatic carbocycles. The van der Waals surface area contributed by atoms with Gasteiger partial charge in [-0.1, -0.05) is 13.8 Å². The molecular formula is C18H32IN3O2. The molecule has 1 aromatic rings. The standard InChI is InChI=1S/C18H31N3O2.HI/c1-5-18(6-2,11-12-22)13-20-17(19)21-15-7-9-16(10-8-15)23-14(3)4;/h7-10,14,22H,5-6,11-13H2,1-4H3,(H3,19,20,21);1H. The van der Waals surface area contributed by atoms with Crippen LogP contribution in [0, 0.1) is 5.41 Å². The van der Waals surface area contributed by atoms with E-state index in [-0.39, 0.29) is 42.1 Å². The molecular weight excluding hydrogens is 417 g/mol. The smallest absolute Gasteiger partial charge is 0.193 e. The Morgan fingerprint density at radius 3 is 2.29 bits per heavy atom. The maximum atomic E-state index is 9.25. The Morgan fingerprint density at radius 2 is 1.83 bits per heavy atom. The van der Waals surface area contributed by atoms with E-state index in [1.807, 2.05) is 38.1 Å². The van der Waals surface area contributed by atoms with Gasteiger partial charge in [-0.3, -0.25) is 4.99 Å². The van der Waals surface area contributed by atoms with Crippen LogP contribution >= 0.6 is 24.0 Å². The van der Waals surface area contributed by atoms with Gasteiger partial charge in [0, 0.05) is 18.8 Å². The fourth-order valence-electron chi connectivity index (χ4n) is 2.47. The first kappa shape index (κ1) is 23.0. The summed E-state index contributed by atoms with van der Waals surface area (Å²) in [5.41, 5.74) is 6.88. The molecule has 0 bridgehead atoms. The van der Waals surface area contributed by atoms with Crippen molar-refractivity contribution in [2.75, 3.05) is 18.5 Å². The first-order valence-electron chi connectivity index (χ1n) is 8.39. The normalized spacial score (nSPS) is 12.0. The molecule has 0 unspecified atom stereocenters. The van der Waals surface area contributed by atoms with Crippen molar-refractivity contribution in [3.63, 3.8) is 0 Å². The van der Waals surface area contributed by atoms with E-state index in [1.54, 1.807) is 0 Å². The molecule has 0 aliphatic carbocycles. The van der Waals surface area contributed by atoms with Crippen molar-refractivity contribution < 1.29 is 9.84 Å². The van der Waals surface area contributed by atoms with E-state index in [9.17, 15) is 5.11 Å². The fourth-order valence-corrected chi connectivity index (χ4v) is 2.47. The summed E-state index contributed by atoms with van der Waals surface area (Å²) in [4.78, 5) is 4.46. The van der Waals surface area contributed by atoms with Crippen LogP contribution in [0.5, 0.6) is 5.75 Å². The summed E-state index contributed by atoms with van der Waals surface area (Å²) in [6.45, 7) is 9.06. The lowest BCUT2D eigenvalue weighted by Crippen LogP contribution is -2.29. The molecule has 0 aliphatic heterocycles. The molecule has 0 spiro atoms. The molecule has 1 rings (SSSR count). The maximum Gasteiger partial charge on any atom is 0.193 e.